The van der Waals surface area contributed by atoms with Crippen molar-refractivity contribution in [1.29, 1.82) is 5.26 Å². The zero-order valence-corrected chi connectivity index (χ0v) is 39.5. The first kappa shape index (κ1) is 43.7. The summed E-state index contributed by atoms with van der Waals surface area (Å²) in [6.07, 6.45) is 0. The number of benzene rings is 11. The van der Waals surface area contributed by atoms with Gasteiger partial charge in [-0.2, -0.15) is 5.26 Å². The highest BCUT2D eigenvalue weighted by atomic mass is 19.1. The van der Waals surface area contributed by atoms with Crippen molar-refractivity contribution in [2.24, 2.45) is 0 Å². The van der Waals surface area contributed by atoms with E-state index in [1.807, 2.05) is 97.1 Å². The number of hydrogen-bond acceptors (Lipinski definition) is 3. The summed E-state index contributed by atoms with van der Waals surface area (Å²) < 4.78 is 32.6. The van der Waals surface area contributed by atoms with Crippen molar-refractivity contribution in [3.05, 3.63) is 271 Å². The largest absolute Gasteiger partial charge is 0.311 e. The van der Waals surface area contributed by atoms with E-state index in [1.165, 1.54) is 24.3 Å². The van der Waals surface area contributed by atoms with Gasteiger partial charge in [-0.05, 0) is 168 Å². The van der Waals surface area contributed by atoms with Crippen molar-refractivity contribution < 1.29 is 8.78 Å². The van der Waals surface area contributed by atoms with Gasteiger partial charge < -0.3 is 18.9 Å². The summed E-state index contributed by atoms with van der Waals surface area (Å²) in [6, 6.07) is 81.8. The van der Waals surface area contributed by atoms with Crippen LogP contribution in [0.1, 0.15) is 5.56 Å². The smallest absolute Gasteiger partial charge is 0.187 e. The van der Waals surface area contributed by atoms with Crippen LogP contribution in [0.5, 0.6) is 0 Å². The lowest BCUT2D eigenvalue weighted by atomic mass is 9.96. The molecule has 6 nitrogen and oxygen atoms in total. The topological polar surface area (TPSA) is 44.5 Å². The van der Waals surface area contributed by atoms with Crippen molar-refractivity contribution in [2.45, 2.75) is 0 Å². The Morgan fingerprint density at radius 2 is 0.838 bits per heavy atom. The highest BCUT2D eigenvalue weighted by molar-refractivity contribution is 6.13. The Labute approximate surface area is 425 Å². The molecular formula is C66H40F2N6. The van der Waals surface area contributed by atoms with Gasteiger partial charge in [0.15, 0.2) is 5.69 Å². The van der Waals surface area contributed by atoms with Gasteiger partial charge in [-0.1, -0.05) is 91.0 Å². The number of fused-ring (bicyclic) bond motifs is 7. The van der Waals surface area contributed by atoms with Crippen molar-refractivity contribution in [1.82, 2.24) is 9.13 Å². The molecule has 0 aliphatic carbocycles. The number of nitrogens with zero attached hydrogens (tertiary/aromatic N) is 6. The lowest BCUT2D eigenvalue weighted by Crippen LogP contribution is -2.10. The maximum atomic E-state index is 14.2. The summed E-state index contributed by atoms with van der Waals surface area (Å²) in [6.45, 7) is 7.66. The van der Waals surface area contributed by atoms with E-state index < -0.39 is 0 Å². The minimum absolute atomic E-state index is 0.282. The molecule has 2 aromatic heterocycles. The molecule has 0 atom stereocenters. The van der Waals surface area contributed by atoms with Crippen molar-refractivity contribution in [2.75, 3.05) is 9.80 Å². The first-order chi connectivity index (χ1) is 36.4. The van der Waals surface area contributed by atoms with Crippen molar-refractivity contribution in [3.63, 3.8) is 0 Å². The zero-order valence-electron chi connectivity index (χ0n) is 39.5. The van der Waals surface area contributed by atoms with Crippen LogP contribution in [-0.2, 0) is 0 Å². The van der Waals surface area contributed by atoms with Crippen molar-refractivity contribution >= 4 is 94.2 Å². The summed E-state index contributed by atoms with van der Waals surface area (Å²) in [5.74, 6) is -0.566. The molecular weight excluding hydrogens is 915 g/mol. The lowest BCUT2D eigenvalue weighted by molar-refractivity contribution is 0.627. The molecule has 13 rings (SSSR count). The summed E-state index contributed by atoms with van der Waals surface area (Å²) in [4.78, 5) is 8.14. The van der Waals surface area contributed by atoms with Gasteiger partial charge in [-0.15, -0.1) is 0 Å². The highest BCUT2D eigenvalue weighted by Crippen LogP contribution is 2.45. The number of aromatic nitrogens is 2. The Morgan fingerprint density at radius 3 is 1.39 bits per heavy atom. The lowest BCUT2D eigenvalue weighted by Gasteiger charge is -2.27. The van der Waals surface area contributed by atoms with Gasteiger partial charge in [-0.3, -0.25) is 0 Å². The maximum Gasteiger partial charge on any atom is 0.187 e. The van der Waals surface area contributed by atoms with Crippen LogP contribution in [0.3, 0.4) is 0 Å². The van der Waals surface area contributed by atoms with E-state index in [0.29, 0.717) is 11.3 Å². The zero-order chi connectivity index (χ0) is 49.9. The summed E-state index contributed by atoms with van der Waals surface area (Å²) in [7, 11) is 0. The molecule has 8 heteroatoms. The average molecular weight is 955 g/mol. The Kier molecular flexibility index (Phi) is 10.5. The third-order valence-electron chi connectivity index (χ3n) is 14.1. The highest BCUT2D eigenvalue weighted by Gasteiger charge is 2.22. The third kappa shape index (κ3) is 7.37. The molecule has 13 aromatic rings. The monoisotopic (exact) mass is 954 g/mol. The molecule has 11 aromatic carbocycles. The molecule has 0 saturated heterocycles. The standard InChI is InChI=1S/C66H40F2N6/c1-70-47-24-34-49(35-25-47)71(53-36-38-65-60(40-53)58-8-2-4-13-63(58)73(65)51-30-20-45(67)21-31-51)48-28-18-44(19-29-48)55-10-6-12-57-56(55)11-7-15-62(57)72(50-26-16-43(42-69)17-27-50)54-37-39-66-61(41-54)59-9-3-5-14-64(59)74(66)52-32-22-46(68)23-33-52/h2-41H. The molecule has 0 bridgehead atoms. The Morgan fingerprint density at radius 1 is 0.392 bits per heavy atom. The number of rotatable bonds is 9. The molecule has 0 amide bonds. The van der Waals surface area contributed by atoms with Crippen LogP contribution in [0, 0.1) is 29.5 Å². The molecule has 74 heavy (non-hydrogen) atoms. The van der Waals surface area contributed by atoms with E-state index >= 15 is 0 Å². The van der Waals surface area contributed by atoms with E-state index in [-0.39, 0.29) is 11.6 Å². The van der Waals surface area contributed by atoms with Crippen LogP contribution in [0.25, 0.3) is 81.7 Å². The number of nitriles is 1. The van der Waals surface area contributed by atoms with Gasteiger partial charge in [0.2, 0.25) is 0 Å². The fourth-order valence-corrected chi connectivity index (χ4v) is 10.7. The second-order valence-corrected chi connectivity index (χ2v) is 18.2. The van der Waals surface area contributed by atoms with Crippen LogP contribution >= 0.6 is 0 Å². The minimum Gasteiger partial charge on any atom is -0.311 e. The third-order valence-corrected chi connectivity index (χ3v) is 14.1. The molecule has 0 radical (unpaired) electrons. The van der Waals surface area contributed by atoms with Gasteiger partial charge in [0.25, 0.3) is 0 Å². The van der Waals surface area contributed by atoms with Gasteiger partial charge in [-0.25, -0.2) is 13.6 Å². The van der Waals surface area contributed by atoms with E-state index in [9.17, 15) is 14.0 Å². The normalized spacial score (nSPS) is 11.4. The second-order valence-electron chi connectivity index (χ2n) is 18.2. The Bertz CT molecular complexity index is 4390. The van der Waals surface area contributed by atoms with Gasteiger partial charge >= 0.3 is 0 Å². The van der Waals surface area contributed by atoms with Crippen molar-refractivity contribution in [3.8, 4) is 28.6 Å². The summed E-state index contributed by atoms with van der Waals surface area (Å²) in [5, 5.41) is 16.2. The van der Waals surface area contributed by atoms with Gasteiger partial charge in [0.05, 0.1) is 46.0 Å². The number of hydrogen-bond donors (Lipinski definition) is 0. The maximum absolute atomic E-state index is 14.2. The summed E-state index contributed by atoms with van der Waals surface area (Å²) in [5.41, 5.74) is 14.6. The molecule has 0 fully saturated rings. The minimum atomic E-state index is -0.284. The summed E-state index contributed by atoms with van der Waals surface area (Å²) >= 11 is 0. The fraction of sp³-hybridized carbons (Fsp3) is 0. The average Bonchev–Trinajstić information content (AvgIpc) is 3.99. The van der Waals surface area contributed by atoms with Crippen LogP contribution in [0.4, 0.5) is 48.6 Å². The van der Waals surface area contributed by atoms with E-state index in [4.69, 9.17) is 6.57 Å². The van der Waals surface area contributed by atoms with Gasteiger partial charge in [0, 0.05) is 66.7 Å². The molecule has 0 spiro atoms. The van der Waals surface area contributed by atoms with Gasteiger partial charge in [0.1, 0.15) is 11.6 Å². The quantitative estimate of drug-likeness (QED) is 0.135. The van der Waals surface area contributed by atoms with E-state index in [1.54, 1.807) is 0 Å². The molecule has 348 valence electrons. The Balaban J connectivity index is 0.925. The molecule has 0 aliphatic heterocycles. The molecule has 2 heterocycles. The molecule has 0 unspecified atom stereocenters. The molecule has 0 aliphatic rings. The number of halogens is 2. The molecule has 0 N–H and O–H groups in total. The van der Waals surface area contributed by atoms with E-state index in [2.05, 4.69) is 151 Å². The fourth-order valence-electron chi connectivity index (χ4n) is 10.7. The first-order valence-corrected chi connectivity index (χ1v) is 24.2. The predicted molar refractivity (Wildman–Crippen MR) is 298 cm³/mol. The Hall–Kier alpha value is -10.3. The van der Waals surface area contributed by atoms with Crippen LogP contribution in [0.2, 0.25) is 0 Å². The first-order valence-electron chi connectivity index (χ1n) is 24.2. The van der Waals surface area contributed by atoms with E-state index in [0.717, 1.165) is 111 Å². The van der Waals surface area contributed by atoms with Crippen LogP contribution in [0.15, 0.2) is 243 Å². The predicted octanol–water partition coefficient (Wildman–Crippen LogP) is 18.3. The number of anilines is 6. The van der Waals surface area contributed by atoms with Crippen LogP contribution < -0.4 is 9.80 Å². The second kappa shape index (κ2) is 17.8. The SMILES string of the molecule is [C-]#[N+]c1ccc(N(c2ccc(-c3cccc4c(N(c5ccc(C#N)cc5)c5ccc6c(c5)c5ccccc5n6-c5ccc(F)cc5)cccc34)cc2)c2ccc3c(c2)c2ccccc2n3-c2ccc(F)cc2)cc1. The number of para-hydroxylation sites is 2. The van der Waals surface area contributed by atoms with Crippen LogP contribution in [-0.4, -0.2) is 9.13 Å². The molecule has 0 saturated carbocycles.